The van der Waals surface area contributed by atoms with Crippen LogP contribution in [0.3, 0.4) is 0 Å². The number of nitrogens with zero attached hydrogens (tertiary/aromatic N) is 2. The number of rotatable bonds is 3. The Bertz CT molecular complexity index is 391. The molecule has 1 unspecified atom stereocenters. The predicted molar refractivity (Wildman–Crippen MR) is 70.6 cm³/mol. The van der Waals surface area contributed by atoms with Gasteiger partial charge in [0.1, 0.15) is 0 Å². The molecule has 4 heteroatoms. The van der Waals surface area contributed by atoms with Crippen molar-refractivity contribution in [2.75, 3.05) is 39.9 Å². The van der Waals surface area contributed by atoms with E-state index in [-0.39, 0.29) is 5.41 Å². The van der Waals surface area contributed by atoms with E-state index in [0.29, 0.717) is 6.04 Å². The van der Waals surface area contributed by atoms with Crippen LogP contribution in [0.4, 0.5) is 0 Å². The molecule has 0 radical (unpaired) electrons. The van der Waals surface area contributed by atoms with E-state index in [2.05, 4.69) is 34.4 Å². The Hall–Kier alpha value is -0.970. The summed E-state index contributed by atoms with van der Waals surface area (Å²) in [4.78, 5) is 7.00. The third-order valence-corrected chi connectivity index (χ3v) is 4.24. The fourth-order valence-electron chi connectivity index (χ4n) is 2.94. The van der Waals surface area contributed by atoms with Gasteiger partial charge in [-0.2, -0.15) is 0 Å². The molecule has 18 heavy (non-hydrogen) atoms. The van der Waals surface area contributed by atoms with Crippen molar-refractivity contribution >= 4 is 0 Å². The van der Waals surface area contributed by atoms with Crippen molar-refractivity contribution < 1.29 is 4.74 Å². The lowest BCUT2D eigenvalue weighted by molar-refractivity contribution is -0.0774. The van der Waals surface area contributed by atoms with Gasteiger partial charge >= 0.3 is 0 Å². The monoisotopic (exact) mass is 247 g/mol. The summed E-state index contributed by atoms with van der Waals surface area (Å²) in [7, 11) is 2.22. The number of aromatic nitrogens is 1. The Morgan fingerprint density at radius 2 is 2.39 bits per heavy atom. The lowest BCUT2D eigenvalue weighted by atomic mass is 9.76. The number of ether oxygens (including phenoxy) is 1. The number of pyridine rings is 1. The Morgan fingerprint density at radius 3 is 3.00 bits per heavy atom. The van der Waals surface area contributed by atoms with Crippen LogP contribution in [-0.4, -0.2) is 55.8 Å². The quantitative estimate of drug-likeness (QED) is 0.851. The maximum atomic E-state index is 5.49. The highest BCUT2D eigenvalue weighted by atomic mass is 16.5. The van der Waals surface area contributed by atoms with Crippen molar-refractivity contribution in [2.24, 2.45) is 0 Å². The molecule has 98 valence electrons. The van der Waals surface area contributed by atoms with Crippen molar-refractivity contribution in [3.8, 4) is 0 Å². The highest BCUT2D eigenvalue weighted by molar-refractivity contribution is 5.21. The Balaban J connectivity index is 1.76. The zero-order chi connectivity index (χ0) is 12.4. The van der Waals surface area contributed by atoms with Gasteiger partial charge in [0.05, 0.1) is 24.3 Å². The maximum absolute atomic E-state index is 5.49. The Kier molecular flexibility index (Phi) is 3.33. The molecule has 0 aromatic carbocycles. The molecule has 2 fully saturated rings. The Morgan fingerprint density at radius 1 is 1.50 bits per heavy atom. The third kappa shape index (κ3) is 2.16. The SMILES string of the molecule is CN1CCNCC1CC1(c2ccccn2)COC1. The molecule has 0 amide bonds. The summed E-state index contributed by atoms with van der Waals surface area (Å²) in [6, 6.07) is 6.78. The molecule has 1 N–H and O–H groups in total. The van der Waals surface area contributed by atoms with E-state index in [1.54, 1.807) is 0 Å². The van der Waals surface area contributed by atoms with Gasteiger partial charge in [-0.3, -0.25) is 4.98 Å². The number of hydrogen-bond acceptors (Lipinski definition) is 4. The van der Waals surface area contributed by atoms with Gasteiger partial charge in [0, 0.05) is 31.9 Å². The van der Waals surface area contributed by atoms with Crippen LogP contribution in [0.5, 0.6) is 0 Å². The summed E-state index contributed by atoms with van der Waals surface area (Å²) >= 11 is 0. The molecule has 1 aromatic heterocycles. The second-order valence-electron chi connectivity index (χ2n) is 5.53. The lowest BCUT2D eigenvalue weighted by Crippen LogP contribution is -2.56. The van der Waals surface area contributed by atoms with Crippen molar-refractivity contribution in [1.29, 1.82) is 0 Å². The number of hydrogen-bond donors (Lipinski definition) is 1. The number of piperazine rings is 1. The van der Waals surface area contributed by atoms with Crippen LogP contribution in [0.2, 0.25) is 0 Å². The van der Waals surface area contributed by atoms with Gasteiger partial charge in [-0.25, -0.2) is 0 Å². The van der Waals surface area contributed by atoms with Crippen LogP contribution in [0, 0.1) is 0 Å². The zero-order valence-electron chi connectivity index (χ0n) is 10.9. The van der Waals surface area contributed by atoms with E-state index < -0.39 is 0 Å². The van der Waals surface area contributed by atoms with Crippen molar-refractivity contribution in [1.82, 2.24) is 15.2 Å². The second-order valence-corrected chi connectivity index (χ2v) is 5.53. The first-order valence-corrected chi connectivity index (χ1v) is 6.70. The van der Waals surface area contributed by atoms with Crippen LogP contribution in [0.15, 0.2) is 24.4 Å². The first kappa shape index (κ1) is 12.1. The first-order valence-electron chi connectivity index (χ1n) is 6.70. The molecule has 0 bridgehead atoms. The second kappa shape index (κ2) is 4.96. The topological polar surface area (TPSA) is 37.4 Å². The normalized spacial score (nSPS) is 27.7. The fourth-order valence-corrected chi connectivity index (χ4v) is 2.94. The summed E-state index contributed by atoms with van der Waals surface area (Å²) < 4.78 is 5.49. The van der Waals surface area contributed by atoms with Crippen LogP contribution in [-0.2, 0) is 10.2 Å². The molecule has 0 saturated carbocycles. The van der Waals surface area contributed by atoms with E-state index >= 15 is 0 Å². The smallest absolute Gasteiger partial charge is 0.0608 e. The van der Waals surface area contributed by atoms with Crippen LogP contribution in [0.25, 0.3) is 0 Å². The standard InChI is InChI=1S/C14H21N3O/c1-17-7-6-15-9-12(17)8-14(10-18-11-14)13-4-2-3-5-16-13/h2-5,12,15H,6-11H2,1H3. The average Bonchev–Trinajstić information content (AvgIpc) is 2.37. The summed E-state index contributed by atoms with van der Waals surface area (Å²) in [6.07, 6.45) is 3.02. The van der Waals surface area contributed by atoms with E-state index in [4.69, 9.17) is 4.74 Å². The third-order valence-electron chi connectivity index (χ3n) is 4.24. The predicted octanol–water partition coefficient (Wildman–Crippen LogP) is 0.643. The van der Waals surface area contributed by atoms with Gasteiger partial charge in [-0.15, -0.1) is 0 Å². The van der Waals surface area contributed by atoms with Gasteiger partial charge in [0.25, 0.3) is 0 Å². The number of likely N-dealkylation sites (N-methyl/N-ethyl adjacent to an activating group) is 1. The minimum Gasteiger partial charge on any atom is -0.379 e. The van der Waals surface area contributed by atoms with Gasteiger partial charge < -0.3 is 15.0 Å². The Labute approximate surface area is 108 Å². The van der Waals surface area contributed by atoms with E-state index in [0.717, 1.165) is 39.3 Å². The molecule has 1 aromatic rings. The minimum absolute atomic E-state index is 0.138. The molecular weight excluding hydrogens is 226 g/mol. The largest absolute Gasteiger partial charge is 0.379 e. The maximum Gasteiger partial charge on any atom is 0.0608 e. The van der Waals surface area contributed by atoms with Gasteiger partial charge in [-0.05, 0) is 25.6 Å². The summed E-state index contributed by atoms with van der Waals surface area (Å²) in [6.45, 7) is 4.93. The first-order chi connectivity index (χ1) is 8.80. The van der Waals surface area contributed by atoms with Crippen LogP contribution < -0.4 is 5.32 Å². The number of nitrogens with one attached hydrogen (secondary N) is 1. The molecule has 2 saturated heterocycles. The van der Waals surface area contributed by atoms with Gasteiger partial charge in [0.15, 0.2) is 0 Å². The van der Waals surface area contributed by atoms with Crippen molar-refractivity contribution in [3.63, 3.8) is 0 Å². The van der Waals surface area contributed by atoms with Crippen molar-refractivity contribution in [3.05, 3.63) is 30.1 Å². The molecule has 0 aliphatic carbocycles. The van der Waals surface area contributed by atoms with E-state index in [1.165, 1.54) is 5.69 Å². The average molecular weight is 247 g/mol. The fraction of sp³-hybridized carbons (Fsp3) is 0.643. The van der Waals surface area contributed by atoms with Gasteiger partial charge in [0.2, 0.25) is 0 Å². The van der Waals surface area contributed by atoms with Crippen LogP contribution in [0.1, 0.15) is 12.1 Å². The van der Waals surface area contributed by atoms with E-state index in [9.17, 15) is 0 Å². The molecule has 1 atom stereocenters. The van der Waals surface area contributed by atoms with Crippen LogP contribution >= 0.6 is 0 Å². The molecule has 2 aliphatic heterocycles. The van der Waals surface area contributed by atoms with Gasteiger partial charge in [-0.1, -0.05) is 6.07 Å². The minimum atomic E-state index is 0.138. The molecular formula is C14H21N3O. The zero-order valence-corrected chi connectivity index (χ0v) is 10.9. The lowest BCUT2D eigenvalue weighted by Gasteiger charge is -2.46. The molecule has 2 aliphatic rings. The molecule has 0 spiro atoms. The summed E-state index contributed by atoms with van der Waals surface area (Å²) in [5.41, 5.74) is 1.33. The summed E-state index contributed by atoms with van der Waals surface area (Å²) in [5, 5.41) is 3.48. The molecule has 3 rings (SSSR count). The highest BCUT2D eigenvalue weighted by Crippen LogP contribution is 2.36. The van der Waals surface area contributed by atoms with E-state index in [1.807, 2.05) is 12.3 Å². The summed E-state index contributed by atoms with van der Waals surface area (Å²) in [5.74, 6) is 0. The molecule has 4 nitrogen and oxygen atoms in total. The van der Waals surface area contributed by atoms with Crippen molar-refractivity contribution in [2.45, 2.75) is 17.9 Å². The molecule has 3 heterocycles. The highest BCUT2D eigenvalue weighted by Gasteiger charge is 2.44.